The van der Waals surface area contributed by atoms with Crippen molar-refractivity contribution in [3.8, 4) is 0 Å². The summed E-state index contributed by atoms with van der Waals surface area (Å²) < 4.78 is 0. The van der Waals surface area contributed by atoms with Gasteiger partial charge in [0.1, 0.15) is 11.6 Å². The number of halogens is 1. The third-order valence-electron chi connectivity index (χ3n) is 4.51. The van der Waals surface area contributed by atoms with Crippen LogP contribution in [-0.4, -0.2) is 35.4 Å². The lowest BCUT2D eigenvalue weighted by Gasteiger charge is -2.16. The number of hydrogen-bond donors (Lipinski definition) is 0. The van der Waals surface area contributed by atoms with Gasteiger partial charge in [-0.05, 0) is 42.0 Å². The van der Waals surface area contributed by atoms with Crippen molar-refractivity contribution in [2.75, 3.05) is 4.90 Å². The lowest BCUT2D eigenvalue weighted by Crippen LogP contribution is -2.34. The number of hydrogen-bond acceptors (Lipinski definition) is 7. The molecule has 4 rings (SSSR count). The van der Waals surface area contributed by atoms with Crippen molar-refractivity contribution >= 4 is 46.6 Å². The summed E-state index contributed by atoms with van der Waals surface area (Å²) in [5.41, 5.74) is 0.152. The molecule has 0 bridgehead atoms. The Morgan fingerprint density at radius 1 is 0.964 bits per heavy atom. The fourth-order valence-corrected chi connectivity index (χ4v) is 3.24. The molecule has 0 unspecified atom stereocenters. The van der Waals surface area contributed by atoms with Crippen molar-refractivity contribution in [2.45, 2.75) is 6.10 Å². The molecule has 2 heterocycles. The molecule has 1 saturated heterocycles. The molecule has 2 atom stereocenters. The van der Waals surface area contributed by atoms with E-state index in [0.29, 0.717) is 5.02 Å². The molecule has 2 amide bonds. The smallest absolute Gasteiger partial charge is 0.278 e. The van der Waals surface area contributed by atoms with E-state index >= 15 is 0 Å². The molecule has 2 aliphatic heterocycles. The monoisotopic (exact) mass is 397 g/mol. The lowest BCUT2D eigenvalue weighted by molar-refractivity contribution is -0.255. The number of imide groups is 1. The van der Waals surface area contributed by atoms with Gasteiger partial charge >= 0.3 is 0 Å². The number of rotatable bonds is 4. The zero-order valence-corrected chi connectivity index (χ0v) is 14.8. The van der Waals surface area contributed by atoms with E-state index in [1.807, 2.05) is 0 Å². The Morgan fingerprint density at radius 2 is 1.57 bits per heavy atom. The highest BCUT2D eigenvalue weighted by molar-refractivity contribution is 6.52. The van der Waals surface area contributed by atoms with Gasteiger partial charge in [0.2, 0.25) is 17.8 Å². The summed E-state index contributed by atoms with van der Waals surface area (Å²) in [7, 11) is 0. The minimum Gasteiger partial charge on any atom is -0.545 e. The summed E-state index contributed by atoms with van der Waals surface area (Å²) in [5, 5.41) is 15.0. The van der Waals surface area contributed by atoms with Crippen LogP contribution in [0.25, 0.3) is 0 Å². The summed E-state index contributed by atoms with van der Waals surface area (Å²) in [4.78, 5) is 55.0. The number of carbonyl (C=O) groups is 4. The lowest BCUT2D eigenvalue weighted by atomic mass is 9.93. The zero-order valence-electron chi connectivity index (χ0n) is 14.0. The third-order valence-corrected chi connectivity index (χ3v) is 4.76. The minimum absolute atomic E-state index is 0.0977. The molecular weight excluding hydrogens is 388 g/mol. The number of carboxylic acid groups (broad SMARTS) is 1. The molecule has 0 N–H and O–H groups in total. The second-order valence-corrected chi connectivity index (χ2v) is 6.60. The van der Waals surface area contributed by atoms with Crippen LogP contribution >= 0.6 is 11.6 Å². The summed E-state index contributed by atoms with van der Waals surface area (Å²) in [6.45, 7) is 0. The molecule has 28 heavy (non-hydrogen) atoms. The average molecular weight is 398 g/mol. The van der Waals surface area contributed by atoms with Crippen molar-refractivity contribution in [3.05, 3.63) is 64.7 Å². The number of nitrogens with zero attached hydrogens (tertiary/aromatic N) is 2. The topological polar surface area (TPSA) is 116 Å². The largest absolute Gasteiger partial charge is 0.545 e. The van der Waals surface area contributed by atoms with Crippen LogP contribution in [0.2, 0.25) is 5.02 Å². The Bertz CT molecular complexity index is 1050. The standard InChI is InChI=1S/C19H11ClN2O6/c20-11-5-1-9(2-6-11)15(23)14-13-16(28-21-14)18(25)22(17(13)24)12-7-3-10(4-8-12)19(26)27/h1-8,13,16H,(H,26,27)/p-1/t13-,16+/m0/s1. The van der Waals surface area contributed by atoms with Crippen molar-refractivity contribution in [1.29, 1.82) is 0 Å². The van der Waals surface area contributed by atoms with Crippen LogP contribution in [0, 0.1) is 5.92 Å². The number of oxime groups is 1. The van der Waals surface area contributed by atoms with Crippen LogP contribution in [0.5, 0.6) is 0 Å². The van der Waals surface area contributed by atoms with Crippen LogP contribution in [0.15, 0.2) is 53.7 Å². The van der Waals surface area contributed by atoms with Gasteiger partial charge in [-0.15, -0.1) is 0 Å². The molecule has 2 aromatic rings. The van der Waals surface area contributed by atoms with Crippen molar-refractivity contribution in [1.82, 2.24) is 0 Å². The van der Waals surface area contributed by atoms with Gasteiger partial charge in [-0.2, -0.15) is 0 Å². The number of carbonyl (C=O) groups excluding carboxylic acids is 4. The molecule has 0 spiro atoms. The predicted molar refractivity (Wildman–Crippen MR) is 94.8 cm³/mol. The van der Waals surface area contributed by atoms with Crippen LogP contribution in [0.1, 0.15) is 20.7 Å². The van der Waals surface area contributed by atoms with Gasteiger partial charge in [0.25, 0.3) is 5.91 Å². The SMILES string of the molecule is O=C([O-])c1ccc(N2C(=O)[C@H]3C(C(=O)c4ccc(Cl)cc4)=NO[C@H]3C2=O)cc1. The maximum Gasteiger partial charge on any atom is 0.278 e. The maximum absolute atomic E-state index is 12.9. The average Bonchev–Trinajstić information content (AvgIpc) is 3.22. The van der Waals surface area contributed by atoms with Crippen molar-refractivity contribution in [3.63, 3.8) is 0 Å². The second kappa shape index (κ2) is 6.58. The first-order valence-electron chi connectivity index (χ1n) is 8.11. The quantitative estimate of drug-likeness (QED) is 0.557. The minimum atomic E-state index is -1.38. The number of aromatic carboxylic acids is 1. The summed E-state index contributed by atoms with van der Waals surface area (Å²) >= 11 is 5.81. The third kappa shape index (κ3) is 2.74. The van der Waals surface area contributed by atoms with Crippen molar-refractivity contribution < 1.29 is 29.1 Å². The first-order chi connectivity index (χ1) is 13.4. The number of anilines is 1. The Morgan fingerprint density at radius 3 is 2.18 bits per heavy atom. The van der Waals surface area contributed by atoms with Crippen LogP contribution in [0.4, 0.5) is 5.69 Å². The zero-order chi connectivity index (χ0) is 20.0. The van der Waals surface area contributed by atoms with Gasteiger partial charge in [-0.1, -0.05) is 28.9 Å². The molecule has 9 heteroatoms. The van der Waals surface area contributed by atoms with E-state index in [2.05, 4.69) is 5.16 Å². The van der Waals surface area contributed by atoms with Gasteiger partial charge < -0.3 is 14.7 Å². The van der Waals surface area contributed by atoms with Crippen molar-refractivity contribution in [2.24, 2.45) is 11.1 Å². The van der Waals surface area contributed by atoms with E-state index in [1.165, 1.54) is 48.5 Å². The van der Waals surface area contributed by atoms with Crippen LogP contribution in [-0.2, 0) is 14.4 Å². The molecule has 0 saturated carbocycles. The maximum atomic E-state index is 12.9. The first kappa shape index (κ1) is 17.9. The molecule has 8 nitrogen and oxygen atoms in total. The van der Waals surface area contributed by atoms with E-state index in [-0.39, 0.29) is 22.5 Å². The van der Waals surface area contributed by atoms with E-state index in [9.17, 15) is 24.3 Å². The van der Waals surface area contributed by atoms with Gasteiger partial charge in [-0.3, -0.25) is 14.4 Å². The van der Waals surface area contributed by atoms with Crippen LogP contribution < -0.4 is 10.0 Å². The predicted octanol–water partition coefficient (Wildman–Crippen LogP) is 0.831. The Hall–Kier alpha value is -3.52. The number of benzene rings is 2. The van der Waals surface area contributed by atoms with Gasteiger partial charge in [0.15, 0.2) is 0 Å². The molecule has 2 aromatic carbocycles. The highest BCUT2D eigenvalue weighted by Gasteiger charge is 2.57. The fourth-order valence-electron chi connectivity index (χ4n) is 3.12. The molecule has 2 aliphatic rings. The highest BCUT2D eigenvalue weighted by atomic mass is 35.5. The van der Waals surface area contributed by atoms with E-state index in [1.54, 1.807) is 0 Å². The van der Waals surface area contributed by atoms with E-state index < -0.39 is 35.6 Å². The Balaban J connectivity index is 1.63. The molecule has 0 aromatic heterocycles. The molecule has 0 aliphatic carbocycles. The number of carboxylic acids is 1. The van der Waals surface area contributed by atoms with E-state index in [0.717, 1.165) is 4.90 Å². The molecule has 140 valence electrons. The normalized spacial score (nSPS) is 20.6. The summed E-state index contributed by atoms with van der Waals surface area (Å²) in [5.74, 6) is -4.45. The number of ketones is 1. The summed E-state index contributed by atoms with van der Waals surface area (Å²) in [6.07, 6.45) is -1.24. The fraction of sp³-hybridized carbons (Fsp3) is 0.105. The number of fused-ring (bicyclic) bond motifs is 1. The summed E-state index contributed by atoms with van der Waals surface area (Å²) in [6, 6.07) is 11.1. The van der Waals surface area contributed by atoms with Gasteiger partial charge in [-0.25, -0.2) is 4.90 Å². The number of Topliss-reactive ketones (excluding diaryl/α,β-unsaturated/α-hetero) is 1. The Kier molecular flexibility index (Phi) is 4.20. The molecule has 0 radical (unpaired) electrons. The Labute approximate surface area is 162 Å². The van der Waals surface area contributed by atoms with E-state index in [4.69, 9.17) is 16.4 Å². The molecule has 1 fully saturated rings. The van der Waals surface area contributed by atoms with Gasteiger partial charge in [0, 0.05) is 10.6 Å². The first-order valence-corrected chi connectivity index (χ1v) is 8.49. The van der Waals surface area contributed by atoms with Crippen LogP contribution in [0.3, 0.4) is 0 Å². The number of amides is 2. The molecular formula is C19H10ClN2O6-. The second-order valence-electron chi connectivity index (χ2n) is 6.16. The van der Waals surface area contributed by atoms with Gasteiger partial charge in [0.05, 0.1) is 11.7 Å². The highest BCUT2D eigenvalue weighted by Crippen LogP contribution is 2.34.